The molecule has 0 unspecified atom stereocenters. The summed E-state index contributed by atoms with van der Waals surface area (Å²) >= 11 is 0. The van der Waals surface area contributed by atoms with E-state index in [4.69, 9.17) is 0 Å². The van der Waals surface area contributed by atoms with Crippen LogP contribution in [-0.2, 0) is 12.4 Å². The molecule has 0 spiro atoms. The topological polar surface area (TPSA) is 22.1 Å². The Morgan fingerprint density at radius 2 is 1.65 bits per heavy atom. The van der Waals surface area contributed by atoms with Gasteiger partial charge in [-0.15, -0.1) is 0 Å². The van der Waals surface area contributed by atoms with Crippen LogP contribution in [-0.4, -0.2) is 11.6 Å². The van der Waals surface area contributed by atoms with Crippen LogP contribution in [0.3, 0.4) is 0 Å². The number of alkyl halides is 6. The Bertz CT molecular complexity index is 397. The number of rotatable bonds is 2. The van der Waals surface area contributed by atoms with Gasteiger partial charge in [0.1, 0.15) is 0 Å². The van der Waals surface area contributed by atoms with Gasteiger partial charge in [-0.05, 0) is 13.0 Å². The second kappa shape index (κ2) is 4.42. The summed E-state index contributed by atoms with van der Waals surface area (Å²) in [7, 11) is 0. The molecular formula is C9H7F6NO. The second-order valence-corrected chi connectivity index (χ2v) is 2.97. The Kier molecular flexibility index (Phi) is 3.53. The first-order valence-corrected chi connectivity index (χ1v) is 4.44. The van der Waals surface area contributed by atoms with Crippen LogP contribution in [0.4, 0.5) is 26.3 Å². The fourth-order valence-corrected chi connectivity index (χ4v) is 1.11. The summed E-state index contributed by atoms with van der Waals surface area (Å²) in [5.41, 5.74) is -3.82. The van der Waals surface area contributed by atoms with Gasteiger partial charge in [0, 0.05) is 6.07 Å². The second-order valence-electron chi connectivity index (χ2n) is 2.97. The van der Waals surface area contributed by atoms with E-state index in [-0.39, 0.29) is 6.61 Å². The van der Waals surface area contributed by atoms with Crippen molar-refractivity contribution >= 4 is 0 Å². The first kappa shape index (κ1) is 13.6. The third kappa shape index (κ3) is 3.24. The molecule has 0 amide bonds. The van der Waals surface area contributed by atoms with Crippen molar-refractivity contribution in [1.82, 2.24) is 4.98 Å². The Hall–Kier alpha value is -1.47. The summed E-state index contributed by atoms with van der Waals surface area (Å²) in [6, 6.07) is 1.06. The van der Waals surface area contributed by atoms with Crippen LogP contribution in [0.5, 0.6) is 5.88 Å². The molecule has 0 bridgehead atoms. The molecule has 2 nitrogen and oxygen atoms in total. The average molecular weight is 259 g/mol. The van der Waals surface area contributed by atoms with Crippen LogP contribution in [0, 0.1) is 0 Å². The summed E-state index contributed by atoms with van der Waals surface area (Å²) in [5.74, 6) is -0.493. The van der Waals surface area contributed by atoms with E-state index in [9.17, 15) is 26.3 Å². The first-order chi connectivity index (χ1) is 7.66. The smallest absolute Gasteiger partial charge is 0.434 e. The summed E-state index contributed by atoms with van der Waals surface area (Å²) in [6.45, 7) is 1.49. The molecule has 0 atom stereocenters. The van der Waals surface area contributed by atoms with Crippen LogP contribution in [0.15, 0.2) is 12.1 Å². The number of pyridine rings is 1. The highest BCUT2D eigenvalue weighted by Gasteiger charge is 2.44. The molecule has 1 aromatic rings. The number of halogens is 6. The van der Waals surface area contributed by atoms with Gasteiger partial charge in [-0.1, -0.05) is 0 Å². The summed E-state index contributed by atoms with van der Waals surface area (Å²) in [6.07, 6.45) is -10.3. The minimum Gasteiger partial charge on any atom is -0.478 e. The zero-order valence-electron chi connectivity index (χ0n) is 8.49. The number of hydrogen-bond donors (Lipinski definition) is 0. The van der Waals surface area contributed by atoms with Crippen molar-refractivity contribution in [3.63, 3.8) is 0 Å². The fraction of sp³-hybridized carbons (Fsp3) is 0.444. The molecule has 8 heteroatoms. The molecule has 0 saturated carbocycles. The Morgan fingerprint density at radius 1 is 1.06 bits per heavy atom. The Morgan fingerprint density at radius 3 is 2.06 bits per heavy atom. The lowest BCUT2D eigenvalue weighted by Crippen LogP contribution is -2.18. The number of hydrogen-bond acceptors (Lipinski definition) is 2. The van der Waals surface area contributed by atoms with Crippen molar-refractivity contribution in [2.75, 3.05) is 6.61 Å². The minimum absolute atomic E-state index is 0.00958. The maximum Gasteiger partial charge on any atom is 0.434 e. The molecule has 0 aliphatic heterocycles. The van der Waals surface area contributed by atoms with Gasteiger partial charge < -0.3 is 4.74 Å². The molecule has 0 aliphatic carbocycles. The molecule has 0 aromatic carbocycles. The van der Waals surface area contributed by atoms with Crippen LogP contribution >= 0.6 is 0 Å². The first-order valence-electron chi connectivity index (χ1n) is 4.44. The molecule has 1 aromatic heterocycles. The molecule has 17 heavy (non-hydrogen) atoms. The van der Waals surface area contributed by atoms with E-state index < -0.39 is 29.5 Å². The zero-order chi connectivity index (χ0) is 13.3. The van der Waals surface area contributed by atoms with E-state index in [1.807, 2.05) is 0 Å². The van der Waals surface area contributed by atoms with Crippen molar-refractivity contribution < 1.29 is 31.1 Å². The fourth-order valence-electron chi connectivity index (χ4n) is 1.11. The van der Waals surface area contributed by atoms with E-state index in [1.165, 1.54) is 6.92 Å². The van der Waals surface area contributed by atoms with E-state index in [1.54, 1.807) is 0 Å². The maximum absolute atomic E-state index is 12.4. The molecule has 0 saturated heterocycles. The lowest BCUT2D eigenvalue weighted by atomic mass is 10.2. The predicted octanol–water partition coefficient (Wildman–Crippen LogP) is 3.52. The van der Waals surface area contributed by atoms with Gasteiger partial charge >= 0.3 is 12.4 Å². The lowest BCUT2D eigenvalue weighted by molar-refractivity contribution is -0.165. The number of nitrogens with zero attached hydrogens (tertiary/aromatic N) is 1. The summed E-state index contributed by atoms with van der Waals surface area (Å²) in [4.78, 5) is 2.83. The van der Waals surface area contributed by atoms with E-state index in [0.717, 1.165) is 6.07 Å². The van der Waals surface area contributed by atoms with E-state index in [0.29, 0.717) is 6.07 Å². The highest BCUT2D eigenvalue weighted by Crippen LogP contribution is 2.39. The van der Waals surface area contributed by atoms with Crippen LogP contribution < -0.4 is 4.74 Å². The van der Waals surface area contributed by atoms with Gasteiger partial charge in [0.15, 0.2) is 5.69 Å². The van der Waals surface area contributed by atoms with Crippen molar-refractivity contribution in [3.05, 3.63) is 23.4 Å². The average Bonchev–Trinajstić information content (AvgIpc) is 2.15. The molecule has 1 rings (SSSR count). The number of ether oxygens (including phenoxy) is 1. The maximum atomic E-state index is 12.4. The molecule has 0 radical (unpaired) electrons. The van der Waals surface area contributed by atoms with Crippen LogP contribution in [0.25, 0.3) is 0 Å². The third-order valence-electron chi connectivity index (χ3n) is 1.74. The van der Waals surface area contributed by atoms with Crippen molar-refractivity contribution in [2.45, 2.75) is 19.3 Å². The third-order valence-corrected chi connectivity index (χ3v) is 1.74. The minimum atomic E-state index is -5.18. The normalized spacial score (nSPS) is 12.6. The number of aromatic nitrogens is 1. The summed E-state index contributed by atoms with van der Waals surface area (Å²) in [5, 5.41) is 0. The van der Waals surface area contributed by atoms with Gasteiger partial charge in [0.2, 0.25) is 5.88 Å². The van der Waals surface area contributed by atoms with Gasteiger partial charge in [0.05, 0.1) is 12.2 Å². The van der Waals surface area contributed by atoms with Gasteiger partial charge in [-0.3, -0.25) is 0 Å². The molecule has 0 fully saturated rings. The van der Waals surface area contributed by atoms with E-state index >= 15 is 0 Å². The van der Waals surface area contributed by atoms with Crippen molar-refractivity contribution in [1.29, 1.82) is 0 Å². The molecule has 0 aliphatic rings. The largest absolute Gasteiger partial charge is 0.478 e. The highest BCUT2D eigenvalue weighted by molar-refractivity contribution is 5.30. The summed E-state index contributed by atoms with van der Waals surface area (Å²) < 4.78 is 78.7. The van der Waals surface area contributed by atoms with Gasteiger partial charge in [0.25, 0.3) is 0 Å². The standard InChI is InChI=1S/C9H7F6NO/c1-2-17-6-4-3-5(8(10,11)12)7(16-6)9(13,14)15/h3-4H,2H2,1H3. The SMILES string of the molecule is CCOc1ccc(C(F)(F)F)c(C(F)(F)F)n1. The lowest BCUT2D eigenvalue weighted by Gasteiger charge is -2.15. The molecule has 1 heterocycles. The van der Waals surface area contributed by atoms with Crippen molar-refractivity contribution in [3.8, 4) is 5.88 Å². The Labute approximate surface area is 92.2 Å². The predicted molar refractivity (Wildman–Crippen MR) is 45.4 cm³/mol. The monoisotopic (exact) mass is 259 g/mol. The Balaban J connectivity index is 3.33. The van der Waals surface area contributed by atoms with Gasteiger partial charge in [-0.2, -0.15) is 26.3 Å². The van der Waals surface area contributed by atoms with E-state index in [2.05, 4.69) is 9.72 Å². The molecular weight excluding hydrogens is 252 g/mol. The quantitative estimate of drug-likeness (QED) is 0.758. The van der Waals surface area contributed by atoms with Crippen LogP contribution in [0.2, 0.25) is 0 Å². The van der Waals surface area contributed by atoms with Crippen molar-refractivity contribution in [2.24, 2.45) is 0 Å². The van der Waals surface area contributed by atoms with Crippen LogP contribution in [0.1, 0.15) is 18.2 Å². The van der Waals surface area contributed by atoms with Gasteiger partial charge in [-0.25, -0.2) is 4.98 Å². The zero-order valence-corrected chi connectivity index (χ0v) is 8.49. The highest BCUT2D eigenvalue weighted by atomic mass is 19.4. The molecule has 96 valence electrons. The molecule has 0 N–H and O–H groups in total.